The van der Waals surface area contributed by atoms with Crippen LogP contribution < -0.4 is 4.72 Å². The summed E-state index contributed by atoms with van der Waals surface area (Å²) < 4.78 is 27.1. The number of rotatable bonds is 6. The first-order chi connectivity index (χ1) is 15.3. The van der Waals surface area contributed by atoms with E-state index < -0.39 is 28.0 Å². The third-order valence-electron chi connectivity index (χ3n) is 6.31. The molecule has 1 aromatic carbocycles. The molecule has 186 valence electrons. The molecule has 2 saturated heterocycles. The lowest BCUT2D eigenvalue weighted by Gasteiger charge is -2.38. The van der Waals surface area contributed by atoms with Crippen molar-refractivity contribution in [3.63, 3.8) is 0 Å². The van der Waals surface area contributed by atoms with E-state index in [1.165, 1.54) is 0 Å². The second-order valence-electron chi connectivity index (χ2n) is 10.3. The Morgan fingerprint density at radius 3 is 2.52 bits per heavy atom. The molecule has 0 saturated carbocycles. The lowest BCUT2D eigenvalue weighted by atomic mass is 9.85. The van der Waals surface area contributed by atoms with Gasteiger partial charge in [-0.3, -0.25) is 4.79 Å². The molecule has 0 unspecified atom stereocenters. The number of hydrogen-bond donors (Lipinski definition) is 2. The number of phenols is 1. The van der Waals surface area contributed by atoms with Crippen molar-refractivity contribution < 1.29 is 23.9 Å². The smallest absolute Gasteiger partial charge is 0.254 e. The highest BCUT2D eigenvalue weighted by Crippen LogP contribution is 2.39. The number of likely N-dealkylation sites (tertiary alicyclic amines) is 1. The molecule has 9 heteroatoms. The van der Waals surface area contributed by atoms with E-state index in [4.69, 9.17) is 21.1 Å². The minimum Gasteiger partial charge on any atom is -0.598 e. The van der Waals surface area contributed by atoms with Gasteiger partial charge in [-0.25, -0.2) is 0 Å². The van der Waals surface area contributed by atoms with Crippen LogP contribution in [0, 0.1) is 5.92 Å². The number of aromatic hydroxyl groups is 1. The number of aryl methyl sites for hydroxylation is 1. The Kier molecular flexibility index (Phi) is 8.29. The first-order valence-electron chi connectivity index (χ1n) is 11.6. The largest absolute Gasteiger partial charge is 0.598 e. The van der Waals surface area contributed by atoms with Crippen molar-refractivity contribution in [3.8, 4) is 5.75 Å². The molecule has 2 aliphatic heterocycles. The van der Waals surface area contributed by atoms with Crippen LogP contribution in [0.3, 0.4) is 0 Å². The molecule has 0 spiro atoms. The number of ether oxygens (including phenoxy) is 2. The van der Waals surface area contributed by atoms with Crippen LogP contribution in [0.15, 0.2) is 12.1 Å². The van der Waals surface area contributed by atoms with E-state index in [2.05, 4.69) is 4.72 Å². The van der Waals surface area contributed by atoms with Crippen LogP contribution in [0.4, 0.5) is 0 Å². The number of nitrogens with one attached hydrogen (secondary N) is 1. The Hall–Kier alpha value is -1.03. The number of phenolic OH excluding ortho intramolecular Hbond substituents is 1. The second kappa shape index (κ2) is 10.3. The summed E-state index contributed by atoms with van der Waals surface area (Å²) in [7, 11) is 0. The lowest BCUT2D eigenvalue weighted by molar-refractivity contribution is -0.161. The molecule has 1 aromatic rings. The molecular weight excluding hydrogens is 464 g/mol. The maximum Gasteiger partial charge on any atom is 0.254 e. The minimum absolute atomic E-state index is 0.0556. The van der Waals surface area contributed by atoms with Gasteiger partial charge in [0.2, 0.25) is 0 Å². The highest BCUT2D eigenvalue weighted by molar-refractivity contribution is 7.90. The maximum absolute atomic E-state index is 13.0. The van der Waals surface area contributed by atoms with Gasteiger partial charge in [-0.15, -0.1) is 4.72 Å². The van der Waals surface area contributed by atoms with Crippen LogP contribution in [-0.4, -0.2) is 56.8 Å². The number of carbonyl (C=O) groups excluding carboxylic acids is 1. The summed E-state index contributed by atoms with van der Waals surface area (Å²) in [6.07, 6.45) is 1.54. The normalized spacial score (nSPS) is 23.5. The first kappa shape index (κ1) is 26.6. The van der Waals surface area contributed by atoms with E-state index in [-0.39, 0.29) is 30.2 Å². The van der Waals surface area contributed by atoms with Gasteiger partial charge in [0.1, 0.15) is 10.5 Å². The van der Waals surface area contributed by atoms with E-state index >= 15 is 0 Å². The molecule has 0 aromatic heterocycles. The Morgan fingerprint density at radius 1 is 1.36 bits per heavy atom. The van der Waals surface area contributed by atoms with Crippen LogP contribution in [0.25, 0.3) is 0 Å². The predicted molar refractivity (Wildman–Crippen MR) is 130 cm³/mol. The van der Waals surface area contributed by atoms with Gasteiger partial charge < -0.3 is 24.0 Å². The van der Waals surface area contributed by atoms with Crippen LogP contribution in [0.1, 0.15) is 71.6 Å². The summed E-state index contributed by atoms with van der Waals surface area (Å²) in [5.41, 5.74) is 1.52. The molecule has 1 amide bonds. The van der Waals surface area contributed by atoms with Crippen molar-refractivity contribution in [2.24, 2.45) is 5.92 Å². The number of carbonyl (C=O) groups is 1. The molecule has 2 aliphatic rings. The van der Waals surface area contributed by atoms with E-state index in [9.17, 15) is 14.5 Å². The first-order valence-corrected chi connectivity index (χ1v) is 13.1. The third-order valence-corrected chi connectivity index (χ3v) is 8.24. The molecule has 7 nitrogen and oxygen atoms in total. The summed E-state index contributed by atoms with van der Waals surface area (Å²) in [5.74, 6) is -0.574. The summed E-state index contributed by atoms with van der Waals surface area (Å²) >= 11 is 5.14. The van der Waals surface area contributed by atoms with Crippen molar-refractivity contribution in [2.75, 3.05) is 19.7 Å². The summed E-state index contributed by atoms with van der Waals surface area (Å²) in [6.45, 7) is 12.7. The number of amides is 1. The number of piperidine rings is 1. The fourth-order valence-electron chi connectivity index (χ4n) is 4.31. The molecule has 3 rings (SSSR count). The van der Waals surface area contributed by atoms with Gasteiger partial charge in [0.05, 0.1) is 12.6 Å². The van der Waals surface area contributed by atoms with Gasteiger partial charge in [-0.2, -0.15) is 0 Å². The van der Waals surface area contributed by atoms with Crippen LogP contribution in [-0.2, 0) is 32.1 Å². The third kappa shape index (κ3) is 6.35. The molecule has 0 bridgehead atoms. The molecule has 0 radical (unpaired) electrons. The molecule has 3 atom stereocenters. The van der Waals surface area contributed by atoms with Gasteiger partial charge in [-0.1, -0.05) is 18.5 Å². The lowest BCUT2D eigenvalue weighted by Crippen LogP contribution is -2.48. The number of halogens is 1. The monoisotopic (exact) mass is 500 g/mol. The molecule has 0 aliphatic carbocycles. The number of nitrogens with zero attached hydrogens (tertiary/aromatic N) is 1. The summed E-state index contributed by atoms with van der Waals surface area (Å²) in [5, 5.41) is 11.4. The van der Waals surface area contributed by atoms with Crippen molar-refractivity contribution in [1.29, 1.82) is 0 Å². The minimum atomic E-state index is -1.34. The number of hydrogen-bond acceptors (Lipinski definition) is 6. The quantitative estimate of drug-likeness (QED) is 0.571. The molecule has 2 N–H and O–H groups in total. The summed E-state index contributed by atoms with van der Waals surface area (Å²) in [6, 6.07) is 3.14. The fourth-order valence-corrected chi connectivity index (χ4v) is 5.52. The average molecular weight is 501 g/mol. The van der Waals surface area contributed by atoms with Crippen molar-refractivity contribution >= 4 is 28.9 Å². The van der Waals surface area contributed by atoms with Gasteiger partial charge in [0, 0.05) is 35.0 Å². The zero-order chi connectivity index (χ0) is 24.6. The van der Waals surface area contributed by atoms with Crippen molar-refractivity contribution in [2.45, 2.75) is 83.5 Å². The van der Waals surface area contributed by atoms with Crippen LogP contribution in [0.5, 0.6) is 5.75 Å². The van der Waals surface area contributed by atoms with Gasteiger partial charge >= 0.3 is 0 Å². The average Bonchev–Trinajstić information content (AvgIpc) is 3.12. The van der Waals surface area contributed by atoms with Crippen molar-refractivity contribution in [1.82, 2.24) is 9.62 Å². The molecule has 2 fully saturated rings. The van der Waals surface area contributed by atoms with Gasteiger partial charge in [0.15, 0.2) is 11.9 Å². The van der Waals surface area contributed by atoms with Crippen molar-refractivity contribution in [3.05, 3.63) is 28.3 Å². The second-order valence-corrected chi connectivity index (χ2v) is 12.7. The van der Waals surface area contributed by atoms with Gasteiger partial charge in [0.25, 0.3) is 5.91 Å². The highest BCUT2D eigenvalue weighted by atomic mass is 35.5. The Morgan fingerprint density at radius 2 is 2.00 bits per heavy atom. The van der Waals surface area contributed by atoms with Crippen LogP contribution >= 0.6 is 11.6 Å². The predicted octanol–water partition coefficient (Wildman–Crippen LogP) is 4.09. The summed E-state index contributed by atoms with van der Waals surface area (Å²) in [4.78, 5) is 14.7. The van der Waals surface area contributed by atoms with Gasteiger partial charge in [-0.05, 0) is 77.5 Å². The highest BCUT2D eigenvalue weighted by Gasteiger charge is 2.41. The van der Waals surface area contributed by atoms with Crippen LogP contribution in [0.2, 0.25) is 5.02 Å². The molecule has 2 heterocycles. The SMILES string of the molecule is CCc1cc(O)c([C@H](N[S@@+]([O-])C(C)(C)C)C2CCN(C(=O)[C@H]3COC(C)(C)O3)CC2)cc1Cl. The fraction of sp³-hybridized carbons (Fsp3) is 0.708. The molecule has 33 heavy (non-hydrogen) atoms. The topological polar surface area (TPSA) is 94.1 Å². The van der Waals surface area contributed by atoms with E-state index in [0.717, 1.165) is 5.56 Å². The number of benzene rings is 1. The Labute approximate surface area is 205 Å². The zero-order valence-corrected chi connectivity index (χ0v) is 22.0. The molecular formula is C24H37ClN2O5S. The van der Waals surface area contributed by atoms with E-state index in [1.54, 1.807) is 26.0 Å². The Balaban J connectivity index is 1.77. The standard InChI is InChI=1S/C24H37ClN2O5S/c1-7-15-12-19(28)17(13-18(15)25)21(26-33(30)23(2,3)4)16-8-10-27(11-9-16)22(29)20-14-31-24(5,6)32-20/h12-13,16,20-21,26,28H,7-11,14H2,1-6H3/t20-,21-,33+/m1/s1. The van der Waals surface area contributed by atoms with E-state index in [0.29, 0.717) is 42.9 Å². The maximum atomic E-state index is 13.0. The Bertz CT molecular complexity index is 852. The zero-order valence-electron chi connectivity index (χ0n) is 20.4. The van der Waals surface area contributed by atoms with E-state index in [1.807, 2.05) is 32.6 Å².